The van der Waals surface area contributed by atoms with Crippen LogP contribution in [0.4, 0.5) is 0 Å². The Morgan fingerprint density at radius 3 is 2.06 bits per heavy atom. The molecule has 0 radical (unpaired) electrons. The van der Waals surface area contributed by atoms with Crippen LogP contribution in [0.2, 0.25) is 0 Å². The third-order valence-electron chi connectivity index (χ3n) is 2.75. The molecule has 88 valence electrons. The molecule has 0 aliphatic heterocycles. The van der Waals surface area contributed by atoms with Gasteiger partial charge in [0.05, 0.1) is 0 Å². The van der Waals surface area contributed by atoms with Crippen molar-refractivity contribution in [1.29, 1.82) is 0 Å². The maximum atomic E-state index is 3.87. The largest absolute Gasteiger partial charge is 0.0984 e. The van der Waals surface area contributed by atoms with E-state index >= 15 is 0 Å². The number of benzene rings is 2. The lowest BCUT2D eigenvalue weighted by molar-refractivity contribution is 1.50. The van der Waals surface area contributed by atoms with Gasteiger partial charge in [-0.05, 0) is 34.4 Å². The third-order valence-corrected chi connectivity index (χ3v) is 2.75. The lowest BCUT2D eigenvalue weighted by atomic mass is 9.95. The standard InChI is InChI=1S/C15H14.C2H6/c1-4-12-10-11(3)14-8-6-7-9-15(14)13(12)5-2;1-2/h4-10H,1-2H2,3H3;1-2H3. The topological polar surface area (TPSA) is 0 Å². The zero-order chi connectivity index (χ0) is 12.8. The van der Waals surface area contributed by atoms with Crippen molar-refractivity contribution >= 4 is 22.9 Å². The minimum atomic E-state index is 1.15. The van der Waals surface area contributed by atoms with Crippen LogP contribution in [0.5, 0.6) is 0 Å². The van der Waals surface area contributed by atoms with Crippen molar-refractivity contribution in [3.63, 3.8) is 0 Å². The second-order valence-corrected chi connectivity index (χ2v) is 3.65. The summed E-state index contributed by atoms with van der Waals surface area (Å²) >= 11 is 0. The van der Waals surface area contributed by atoms with Gasteiger partial charge in [-0.3, -0.25) is 0 Å². The van der Waals surface area contributed by atoms with Crippen molar-refractivity contribution in [2.24, 2.45) is 0 Å². The monoisotopic (exact) mass is 224 g/mol. The Hall–Kier alpha value is -1.82. The molecule has 0 bridgehead atoms. The SMILES string of the molecule is C=Cc1cc(C)c2ccccc2c1C=C.CC. The van der Waals surface area contributed by atoms with Crippen molar-refractivity contribution in [3.05, 3.63) is 60.2 Å². The molecule has 0 unspecified atom stereocenters. The molecule has 0 amide bonds. The summed E-state index contributed by atoms with van der Waals surface area (Å²) < 4.78 is 0. The van der Waals surface area contributed by atoms with Crippen LogP contribution in [0.1, 0.15) is 30.5 Å². The Labute approximate surface area is 104 Å². The van der Waals surface area contributed by atoms with Crippen LogP contribution in [-0.2, 0) is 0 Å². The van der Waals surface area contributed by atoms with Gasteiger partial charge in [-0.25, -0.2) is 0 Å². The fourth-order valence-electron chi connectivity index (χ4n) is 2.00. The maximum Gasteiger partial charge on any atom is -0.0103 e. The summed E-state index contributed by atoms with van der Waals surface area (Å²) in [6, 6.07) is 10.6. The quantitative estimate of drug-likeness (QED) is 0.635. The van der Waals surface area contributed by atoms with Gasteiger partial charge in [0.25, 0.3) is 0 Å². The van der Waals surface area contributed by atoms with Crippen LogP contribution in [-0.4, -0.2) is 0 Å². The van der Waals surface area contributed by atoms with Gasteiger partial charge in [-0.15, -0.1) is 0 Å². The minimum absolute atomic E-state index is 1.15. The summed E-state index contributed by atoms with van der Waals surface area (Å²) in [6.07, 6.45) is 3.79. The summed E-state index contributed by atoms with van der Waals surface area (Å²) in [5.41, 5.74) is 3.61. The van der Waals surface area contributed by atoms with Crippen molar-refractivity contribution < 1.29 is 0 Å². The van der Waals surface area contributed by atoms with E-state index in [1.54, 1.807) is 0 Å². The number of aryl methyl sites for hydroxylation is 1. The maximum absolute atomic E-state index is 3.87. The summed E-state index contributed by atoms with van der Waals surface area (Å²) in [5, 5.41) is 2.54. The van der Waals surface area contributed by atoms with E-state index in [9.17, 15) is 0 Å². The Balaban J connectivity index is 0.000000686. The van der Waals surface area contributed by atoms with E-state index in [1.165, 1.54) is 21.9 Å². The van der Waals surface area contributed by atoms with E-state index in [1.807, 2.05) is 26.0 Å². The minimum Gasteiger partial charge on any atom is -0.0984 e. The van der Waals surface area contributed by atoms with Gasteiger partial charge >= 0.3 is 0 Å². The first-order chi connectivity index (χ1) is 8.27. The van der Waals surface area contributed by atoms with Gasteiger partial charge in [0, 0.05) is 0 Å². The average Bonchev–Trinajstić information content (AvgIpc) is 2.41. The van der Waals surface area contributed by atoms with Gasteiger partial charge in [-0.1, -0.05) is 69.5 Å². The molecule has 0 atom stereocenters. The van der Waals surface area contributed by atoms with E-state index in [-0.39, 0.29) is 0 Å². The van der Waals surface area contributed by atoms with Crippen LogP contribution in [0.25, 0.3) is 22.9 Å². The van der Waals surface area contributed by atoms with Crippen molar-refractivity contribution in [3.8, 4) is 0 Å². The lowest BCUT2D eigenvalue weighted by Crippen LogP contribution is -1.87. The predicted molar refractivity (Wildman–Crippen MR) is 80.2 cm³/mol. The Morgan fingerprint density at radius 2 is 1.53 bits per heavy atom. The molecule has 0 N–H and O–H groups in total. The van der Waals surface area contributed by atoms with E-state index in [4.69, 9.17) is 0 Å². The molecule has 0 saturated carbocycles. The smallest absolute Gasteiger partial charge is 0.0103 e. The van der Waals surface area contributed by atoms with Crippen LogP contribution in [0, 0.1) is 6.92 Å². The van der Waals surface area contributed by atoms with Gasteiger partial charge in [0.1, 0.15) is 0 Å². The van der Waals surface area contributed by atoms with E-state index in [0.29, 0.717) is 0 Å². The normalized spacial score (nSPS) is 9.35. The first-order valence-electron chi connectivity index (χ1n) is 6.05. The third kappa shape index (κ3) is 2.47. The highest BCUT2D eigenvalue weighted by Gasteiger charge is 2.04. The Kier molecular flexibility index (Phi) is 4.71. The first-order valence-corrected chi connectivity index (χ1v) is 6.05. The summed E-state index contributed by atoms with van der Waals surface area (Å²) in [5.74, 6) is 0. The molecule has 0 heterocycles. The first kappa shape index (κ1) is 13.2. The molecule has 2 rings (SSSR count). The van der Waals surface area contributed by atoms with Gasteiger partial charge in [0.15, 0.2) is 0 Å². The van der Waals surface area contributed by atoms with Crippen molar-refractivity contribution in [1.82, 2.24) is 0 Å². The Morgan fingerprint density at radius 1 is 0.941 bits per heavy atom. The highest BCUT2D eigenvalue weighted by atomic mass is 14.1. The number of hydrogen-bond donors (Lipinski definition) is 0. The van der Waals surface area contributed by atoms with E-state index in [0.717, 1.165) is 5.56 Å². The zero-order valence-corrected chi connectivity index (χ0v) is 11.0. The summed E-state index contributed by atoms with van der Waals surface area (Å²) in [7, 11) is 0. The molecule has 0 fully saturated rings. The fraction of sp³-hybridized carbons (Fsp3) is 0.176. The molecule has 0 spiro atoms. The molecule has 0 aliphatic carbocycles. The second kappa shape index (κ2) is 6.05. The summed E-state index contributed by atoms with van der Waals surface area (Å²) in [6.45, 7) is 13.8. The fourth-order valence-corrected chi connectivity index (χ4v) is 2.00. The van der Waals surface area contributed by atoms with E-state index < -0.39 is 0 Å². The van der Waals surface area contributed by atoms with Gasteiger partial charge < -0.3 is 0 Å². The van der Waals surface area contributed by atoms with Crippen molar-refractivity contribution in [2.45, 2.75) is 20.8 Å². The highest BCUT2D eigenvalue weighted by molar-refractivity contribution is 5.95. The predicted octanol–water partition coefficient (Wildman–Crippen LogP) is 5.46. The second-order valence-electron chi connectivity index (χ2n) is 3.65. The molecule has 0 saturated heterocycles. The lowest BCUT2D eigenvalue weighted by Gasteiger charge is -2.09. The van der Waals surface area contributed by atoms with Gasteiger partial charge in [-0.2, -0.15) is 0 Å². The summed E-state index contributed by atoms with van der Waals surface area (Å²) in [4.78, 5) is 0. The number of fused-ring (bicyclic) bond motifs is 1. The number of hydrogen-bond acceptors (Lipinski definition) is 0. The van der Waals surface area contributed by atoms with Crippen LogP contribution in [0.3, 0.4) is 0 Å². The van der Waals surface area contributed by atoms with Gasteiger partial charge in [0.2, 0.25) is 0 Å². The zero-order valence-electron chi connectivity index (χ0n) is 11.0. The Bertz CT molecular complexity index is 533. The number of rotatable bonds is 2. The molecule has 0 aromatic heterocycles. The molecular weight excluding hydrogens is 204 g/mol. The average molecular weight is 224 g/mol. The molecule has 17 heavy (non-hydrogen) atoms. The molecular formula is C17H20. The highest BCUT2D eigenvalue weighted by Crippen LogP contribution is 2.27. The molecule has 0 heteroatoms. The molecule has 0 nitrogen and oxygen atoms in total. The van der Waals surface area contributed by atoms with E-state index in [2.05, 4.69) is 50.4 Å². The molecule has 0 aliphatic rings. The van der Waals surface area contributed by atoms with Crippen molar-refractivity contribution in [2.75, 3.05) is 0 Å². The molecule has 2 aromatic carbocycles. The molecule has 2 aromatic rings. The van der Waals surface area contributed by atoms with Crippen LogP contribution >= 0.6 is 0 Å². The van der Waals surface area contributed by atoms with Crippen LogP contribution < -0.4 is 0 Å². The van der Waals surface area contributed by atoms with Crippen LogP contribution in [0.15, 0.2) is 43.5 Å².